The van der Waals surface area contributed by atoms with Gasteiger partial charge in [0.25, 0.3) is 0 Å². The van der Waals surface area contributed by atoms with Gasteiger partial charge in [0.05, 0.1) is 5.69 Å². The van der Waals surface area contributed by atoms with E-state index in [1.165, 1.54) is 16.9 Å². The van der Waals surface area contributed by atoms with E-state index in [0.29, 0.717) is 5.69 Å². The van der Waals surface area contributed by atoms with Gasteiger partial charge in [0.1, 0.15) is 11.1 Å². The molecule has 4 nitrogen and oxygen atoms in total. The lowest BCUT2D eigenvalue weighted by Gasteiger charge is -2.18. The first kappa shape index (κ1) is 15.7. The molecule has 118 valence electrons. The summed E-state index contributed by atoms with van der Waals surface area (Å²) in [6.45, 7) is 10.7. The average Bonchev–Trinajstić information content (AvgIpc) is 3.03. The van der Waals surface area contributed by atoms with Crippen molar-refractivity contribution >= 4 is 16.3 Å². The van der Waals surface area contributed by atoms with Gasteiger partial charge in [-0.3, -0.25) is 0 Å². The maximum absolute atomic E-state index is 9.41. The smallest absolute Gasteiger partial charge is 0.213 e. The molecule has 3 aromatic rings. The minimum absolute atomic E-state index is 0.135. The Kier molecular flexibility index (Phi) is 3.73. The highest BCUT2D eigenvalue weighted by atomic mass is 32.1. The lowest BCUT2D eigenvalue weighted by atomic mass is 9.87. The van der Waals surface area contributed by atoms with Gasteiger partial charge in [-0.25, -0.2) is 4.98 Å². The van der Waals surface area contributed by atoms with E-state index in [-0.39, 0.29) is 11.3 Å². The largest absolute Gasteiger partial charge is 0.221 e. The van der Waals surface area contributed by atoms with E-state index in [1.807, 2.05) is 13.8 Å². The van der Waals surface area contributed by atoms with E-state index in [1.54, 1.807) is 4.52 Å². The highest BCUT2D eigenvalue weighted by Gasteiger charge is 2.19. The van der Waals surface area contributed by atoms with Crippen LogP contribution in [-0.2, 0) is 5.41 Å². The van der Waals surface area contributed by atoms with Gasteiger partial charge in [-0.15, -0.1) is 0 Å². The minimum Gasteiger partial charge on any atom is -0.221 e. The number of hydrogen-bond donors (Lipinski definition) is 0. The first-order chi connectivity index (χ1) is 10.8. The number of nitrogens with zero attached hydrogens (tertiary/aromatic N) is 4. The van der Waals surface area contributed by atoms with Crippen molar-refractivity contribution in [3.05, 3.63) is 41.2 Å². The number of rotatable bonds is 2. The summed E-state index contributed by atoms with van der Waals surface area (Å²) in [5.41, 5.74) is 3.85. The summed E-state index contributed by atoms with van der Waals surface area (Å²) in [6, 6.07) is 10.7. The van der Waals surface area contributed by atoms with Crippen molar-refractivity contribution in [3.63, 3.8) is 0 Å². The van der Waals surface area contributed by atoms with Crippen LogP contribution in [-0.4, -0.2) is 14.6 Å². The standard InChI is InChI=1S/C18H20N4S/c1-11(2)15-14(10-19)22-17(20-15)23-16(21-22)12-6-8-13(9-7-12)18(3,4)5/h6-9,11H,1-5H3. The van der Waals surface area contributed by atoms with E-state index in [9.17, 15) is 5.26 Å². The van der Waals surface area contributed by atoms with E-state index < -0.39 is 0 Å². The Morgan fingerprint density at radius 1 is 1.17 bits per heavy atom. The summed E-state index contributed by atoms with van der Waals surface area (Å²) in [4.78, 5) is 5.36. The molecule has 1 aromatic carbocycles. The maximum Gasteiger partial charge on any atom is 0.213 e. The van der Waals surface area contributed by atoms with Crippen LogP contribution < -0.4 is 0 Å². The monoisotopic (exact) mass is 324 g/mol. The summed E-state index contributed by atoms with van der Waals surface area (Å²) >= 11 is 1.52. The fourth-order valence-corrected chi connectivity index (χ4v) is 3.41. The number of imidazole rings is 1. The van der Waals surface area contributed by atoms with Gasteiger partial charge in [-0.2, -0.15) is 14.9 Å². The summed E-state index contributed by atoms with van der Waals surface area (Å²) in [5.74, 6) is 0.216. The second kappa shape index (κ2) is 5.47. The van der Waals surface area contributed by atoms with E-state index in [2.05, 4.69) is 61.2 Å². The quantitative estimate of drug-likeness (QED) is 0.683. The van der Waals surface area contributed by atoms with E-state index in [0.717, 1.165) is 21.2 Å². The summed E-state index contributed by atoms with van der Waals surface area (Å²) in [6.07, 6.45) is 0. The molecule has 0 radical (unpaired) electrons. The molecule has 0 spiro atoms. The van der Waals surface area contributed by atoms with Crippen LogP contribution in [0.4, 0.5) is 0 Å². The molecule has 0 fully saturated rings. The van der Waals surface area contributed by atoms with Gasteiger partial charge in [0.15, 0.2) is 5.69 Å². The van der Waals surface area contributed by atoms with Crippen molar-refractivity contribution < 1.29 is 0 Å². The lowest BCUT2D eigenvalue weighted by Crippen LogP contribution is -2.10. The van der Waals surface area contributed by atoms with Crippen LogP contribution in [0.2, 0.25) is 0 Å². The van der Waals surface area contributed by atoms with E-state index >= 15 is 0 Å². The van der Waals surface area contributed by atoms with Crippen molar-refractivity contribution in [2.75, 3.05) is 0 Å². The van der Waals surface area contributed by atoms with Gasteiger partial charge in [0.2, 0.25) is 4.96 Å². The second-order valence-corrected chi connectivity index (χ2v) is 8.00. The molecule has 0 saturated carbocycles. The van der Waals surface area contributed by atoms with Gasteiger partial charge in [-0.05, 0) is 16.9 Å². The fraction of sp³-hybridized carbons (Fsp3) is 0.389. The van der Waals surface area contributed by atoms with Crippen LogP contribution in [0.3, 0.4) is 0 Å². The molecule has 5 heteroatoms. The number of aromatic nitrogens is 3. The number of fused-ring (bicyclic) bond motifs is 1. The van der Waals surface area contributed by atoms with Crippen LogP contribution >= 0.6 is 11.3 Å². The molecule has 0 saturated heterocycles. The molecule has 2 heterocycles. The van der Waals surface area contributed by atoms with Crippen LogP contribution in [0.15, 0.2) is 24.3 Å². The summed E-state index contributed by atoms with van der Waals surface area (Å²) in [5, 5.41) is 14.9. The summed E-state index contributed by atoms with van der Waals surface area (Å²) in [7, 11) is 0. The Balaban J connectivity index is 2.05. The predicted molar refractivity (Wildman–Crippen MR) is 93.8 cm³/mol. The van der Waals surface area contributed by atoms with Crippen LogP contribution in [0.1, 0.15) is 57.5 Å². The Morgan fingerprint density at radius 3 is 2.35 bits per heavy atom. The third-order valence-corrected chi connectivity index (χ3v) is 4.84. The molecule has 0 aliphatic rings. The molecule has 0 atom stereocenters. The Labute approximate surface area is 140 Å². The van der Waals surface area contributed by atoms with Crippen LogP contribution in [0, 0.1) is 11.3 Å². The van der Waals surface area contributed by atoms with Gasteiger partial charge in [-0.1, -0.05) is 70.2 Å². The van der Waals surface area contributed by atoms with Gasteiger partial charge in [0, 0.05) is 5.56 Å². The molecule has 23 heavy (non-hydrogen) atoms. The first-order valence-corrected chi connectivity index (χ1v) is 8.53. The predicted octanol–water partition coefficient (Wildman–Crippen LogP) is 4.75. The third kappa shape index (κ3) is 2.75. The maximum atomic E-state index is 9.41. The molecule has 0 aliphatic carbocycles. The van der Waals surface area contributed by atoms with Gasteiger partial charge < -0.3 is 0 Å². The molecule has 0 bridgehead atoms. The number of benzene rings is 1. The molecule has 0 aliphatic heterocycles. The molecule has 2 aromatic heterocycles. The van der Waals surface area contributed by atoms with Crippen molar-refractivity contribution in [1.29, 1.82) is 5.26 Å². The normalized spacial score (nSPS) is 12.0. The van der Waals surface area contributed by atoms with Crippen molar-refractivity contribution in [1.82, 2.24) is 14.6 Å². The second-order valence-electron chi connectivity index (χ2n) is 7.04. The molecule has 0 unspecified atom stereocenters. The molecule has 0 N–H and O–H groups in total. The zero-order valence-electron chi connectivity index (χ0n) is 14.1. The van der Waals surface area contributed by atoms with Crippen molar-refractivity contribution in [3.8, 4) is 16.6 Å². The zero-order valence-corrected chi connectivity index (χ0v) is 14.9. The number of nitriles is 1. The van der Waals surface area contributed by atoms with Crippen molar-refractivity contribution in [2.45, 2.75) is 46.0 Å². The molecular formula is C18H20N4S. The zero-order chi connectivity index (χ0) is 16.8. The Morgan fingerprint density at radius 2 is 1.83 bits per heavy atom. The Hall–Kier alpha value is -2.19. The Bertz CT molecular complexity index is 886. The fourth-order valence-electron chi connectivity index (χ4n) is 2.50. The minimum atomic E-state index is 0.135. The van der Waals surface area contributed by atoms with Crippen LogP contribution in [0.5, 0.6) is 0 Å². The van der Waals surface area contributed by atoms with Crippen LogP contribution in [0.25, 0.3) is 15.5 Å². The highest BCUT2D eigenvalue weighted by Crippen LogP contribution is 2.31. The molecular weight excluding hydrogens is 304 g/mol. The number of hydrogen-bond acceptors (Lipinski definition) is 4. The first-order valence-electron chi connectivity index (χ1n) is 7.71. The van der Waals surface area contributed by atoms with Gasteiger partial charge >= 0.3 is 0 Å². The average molecular weight is 324 g/mol. The molecule has 3 rings (SSSR count). The highest BCUT2D eigenvalue weighted by molar-refractivity contribution is 7.19. The van der Waals surface area contributed by atoms with Crippen molar-refractivity contribution in [2.24, 2.45) is 0 Å². The molecule has 0 amide bonds. The van der Waals surface area contributed by atoms with E-state index in [4.69, 9.17) is 0 Å². The SMILES string of the molecule is CC(C)c1nc2sc(-c3ccc(C(C)(C)C)cc3)nn2c1C#N. The third-order valence-electron chi connectivity index (χ3n) is 3.88. The summed E-state index contributed by atoms with van der Waals surface area (Å²) < 4.78 is 1.67. The topological polar surface area (TPSA) is 54.0 Å². The lowest BCUT2D eigenvalue weighted by molar-refractivity contribution is 0.590.